The van der Waals surface area contributed by atoms with Crippen LogP contribution in [0.25, 0.3) is 28.2 Å². The van der Waals surface area contributed by atoms with Gasteiger partial charge < -0.3 is 15.2 Å². The number of carbonyl (C=O) groups excluding carboxylic acids is 1. The zero-order valence-electron chi connectivity index (χ0n) is 22.7. The van der Waals surface area contributed by atoms with E-state index in [1.807, 2.05) is 35.0 Å². The summed E-state index contributed by atoms with van der Waals surface area (Å²) in [5, 5.41) is 10.8. The molecule has 1 amide bonds. The lowest BCUT2D eigenvalue weighted by atomic mass is 10.1. The molecule has 0 spiro atoms. The summed E-state index contributed by atoms with van der Waals surface area (Å²) >= 11 is 0. The Labute approximate surface area is 244 Å². The van der Waals surface area contributed by atoms with Crippen molar-refractivity contribution < 1.29 is 18.0 Å². The van der Waals surface area contributed by atoms with Crippen LogP contribution in [0.4, 0.5) is 24.7 Å². The third-order valence-electron chi connectivity index (χ3n) is 6.74. The summed E-state index contributed by atoms with van der Waals surface area (Å²) in [7, 11) is 0. The first-order valence-corrected chi connectivity index (χ1v) is 13.4. The summed E-state index contributed by atoms with van der Waals surface area (Å²) in [6.45, 7) is 1.59. The third kappa shape index (κ3) is 6.38. The van der Waals surface area contributed by atoms with E-state index in [9.17, 15) is 18.0 Å². The van der Waals surface area contributed by atoms with E-state index in [0.717, 1.165) is 54.3 Å². The highest BCUT2D eigenvalue weighted by Gasteiger charge is 2.31. The van der Waals surface area contributed by atoms with Crippen LogP contribution < -0.4 is 10.6 Å². The van der Waals surface area contributed by atoms with Crippen molar-refractivity contribution in [1.29, 1.82) is 0 Å². The van der Waals surface area contributed by atoms with Crippen molar-refractivity contribution in [2.75, 3.05) is 17.2 Å². The van der Waals surface area contributed by atoms with Crippen LogP contribution >= 0.6 is 0 Å². The largest absolute Gasteiger partial charge is 0.416 e. The molecule has 0 radical (unpaired) electrons. The van der Waals surface area contributed by atoms with Crippen molar-refractivity contribution in [2.24, 2.45) is 0 Å². The molecule has 0 saturated heterocycles. The first kappa shape index (κ1) is 27.6. The fraction of sp³-hybridized carbons (Fsp3) is 0.129. The summed E-state index contributed by atoms with van der Waals surface area (Å²) in [4.78, 5) is 25.7. The van der Waals surface area contributed by atoms with Crippen molar-refractivity contribution in [1.82, 2.24) is 29.1 Å². The zero-order chi connectivity index (χ0) is 29.8. The van der Waals surface area contributed by atoms with Gasteiger partial charge in [0.1, 0.15) is 5.82 Å². The molecule has 0 bridgehead atoms. The fourth-order valence-corrected chi connectivity index (χ4v) is 4.63. The standard InChI is InChI=1S/C31H25F3N8O/c32-31(33,34)24-6-1-5-23(16-24)30(43)39-25-7-2-4-22(17-25)27-9-12-38-29-19-26(40-42(27)29)21-8-11-37-28(18-21)36-10-3-14-41-15-13-35-20-41/h1-2,4-9,11-13,15-20H,3,10,14H2,(H,36,37)(H,39,43). The maximum Gasteiger partial charge on any atom is 0.416 e. The molecule has 216 valence electrons. The van der Waals surface area contributed by atoms with Gasteiger partial charge in [0.2, 0.25) is 0 Å². The zero-order valence-corrected chi connectivity index (χ0v) is 22.7. The van der Waals surface area contributed by atoms with Crippen molar-refractivity contribution in [3.63, 3.8) is 0 Å². The first-order chi connectivity index (χ1) is 20.8. The number of aromatic nitrogens is 6. The number of nitrogens with zero attached hydrogens (tertiary/aromatic N) is 6. The van der Waals surface area contributed by atoms with Gasteiger partial charge in [0.15, 0.2) is 5.65 Å². The molecule has 0 atom stereocenters. The minimum Gasteiger partial charge on any atom is -0.370 e. The quantitative estimate of drug-likeness (QED) is 0.191. The monoisotopic (exact) mass is 582 g/mol. The lowest BCUT2D eigenvalue weighted by Crippen LogP contribution is -2.14. The first-order valence-electron chi connectivity index (χ1n) is 13.4. The van der Waals surface area contributed by atoms with E-state index in [1.54, 1.807) is 53.7 Å². The Kier molecular flexibility index (Phi) is 7.56. The molecule has 12 heteroatoms. The van der Waals surface area contributed by atoms with Gasteiger partial charge in [-0.3, -0.25) is 4.79 Å². The Balaban J connectivity index is 1.20. The molecule has 4 aromatic heterocycles. The Hall–Kier alpha value is -5.52. The van der Waals surface area contributed by atoms with E-state index >= 15 is 0 Å². The number of pyridine rings is 1. The van der Waals surface area contributed by atoms with Crippen LogP contribution in [0.3, 0.4) is 0 Å². The predicted octanol–water partition coefficient (Wildman–Crippen LogP) is 6.43. The minimum atomic E-state index is -4.54. The lowest BCUT2D eigenvalue weighted by molar-refractivity contribution is -0.137. The molecular weight excluding hydrogens is 557 g/mol. The molecular formula is C31H25F3N8O. The SMILES string of the molecule is O=C(Nc1cccc(-c2ccnc3cc(-c4ccnc(NCCCn5ccnc5)c4)nn23)c1)c1cccc(C(F)(F)F)c1. The average molecular weight is 583 g/mol. The summed E-state index contributed by atoms with van der Waals surface area (Å²) in [6, 6.07) is 18.8. The molecule has 0 aliphatic rings. The number of amides is 1. The number of hydrogen-bond donors (Lipinski definition) is 2. The van der Waals surface area contributed by atoms with Gasteiger partial charge in [-0.2, -0.15) is 18.3 Å². The fourth-order valence-electron chi connectivity index (χ4n) is 4.63. The molecule has 2 aromatic carbocycles. The molecule has 0 fully saturated rings. The Morgan fingerprint density at radius 2 is 1.74 bits per heavy atom. The summed E-state index contributed by atoms with van der Waals surface area (Å²) < 4.78 is 43.1. The van der Waals surface area contributed by atoms with Crippen molar-refractivity contribution in [3.8, 4) is 22.5 Å². The number of benzene rings is 2. The second kappa shape index (κ2) is 11.8. The highest BCUT2D eigenvalue weighted by molar-refractivity contribution is 6.04. The Morgan fingerprint density at radius 1 is 0.884 bits per heavy atom. The average Bonchev–Trinajstić information content (AvgIpc) is 3.70. The summed E-state index contributed by atoms with van der Waals surface area (Å²) in [5.74, 6) is 0.0888. The summed E-state index contributed by atoms with van der Waals surface area (Å²) in [6.07, 6.45) is 5.23. The van der Waals surface area contributed by atoms with Crippen molar-refractivity contribution >= 4 is 23.1 Å². The lowest BCUT2D eigenvalue weighted by Gasteiger charge is -2.11. The number of imidazole rings is 1. The number of rotatable bonds is 9. The van der Waals surface area contributed by atoms with Gasteiger partial charge in [0.25, 0.3) is 5.91 Å². The van der Waals surface area contributed by atoms with Crippen LogP contribution in [0.1, 0.15) is 22.3 Å². The van der Waals surface area contributed by atoms with Gasteiger partial charge in [0.05, 0.1) is 23.3 Å². The smallest absolute Gasteiger partial charge is 0.370 e. The van der Waals surface area contributed by atoms with E-state index < -0.39 is 17.6 Å². The normalized spacial score (nSPS) is 11.5. The van der Waals surface area contributed by atoms with Crippen molar-refractivity contribution in [2.45, 2.75) is 19.1 Å². The molecule has 2 N–H and O–H groups in total. The highest BCUT2D eigenvalue weighted by Crippen LogP contribution is 2.30. The Bertz CT molecular complexity index is 1880. The topological polar surface area (TPSA) is 102 Å². The number of carbonyl (C=O) groups is 1. The van der Waals surface area contributed by atoms with Crippen LogP contribution in [0.5, 0.6) is 0 Å². The van der Waals surface area contributed by atoms with E-state index in [1.165, 1.54) is 12.1 Å². The number of nitrogens with one attached hydrogen (secondary N) is 2. The van der Waals surface area contributed by atoms with Gasteiger partial charge in [-0.25, -0.2) is 19.5 Å². The number of aryl methyl sites for hydroxylation is 1. The second-order valence-corrected chi connectivity index (χ2v) is 9.75. The van der Waals surface area contributed by atoms with Gasteiger partial charge in [-0.05, 0) is 55.0 Å². The molecule has 0 aliphatic heterocycles. The number of fused-ring (bicyclic) bond motifs is 1. The molecule has 43 heavy (non-hydrogen) atoms. The maximum atomic E-state index is 13.1. The number of alkyl halides is 3. The van der Waals surface area contributed by atoms with Crippen molar-refractivity contribution in [3.05, 3.63) is 115 Å². The van der Waals surface area contributed by atoms with E-state index in [-0.39, 0.29) is 5.56 Å². The van der Waals surface area contributed by atoms with Crippen LogP contribution in [-0.4, -0.2) is 41.6 Å². The highest BCUT2D eigenvalue weighted by atomic mass is 19.4. The minimum absolute atomic E-state index is 0.0901. The van der Waals surface area contributed by atoms with Crippen LogP contribution in [0, 0.1) is 0 Å². The number of halogens is 3. The molecule has 6 rings (SSSR count). The predicted molar refractivity (Wildman–Crippen MR) is 156 cm³/mol. The Morgan fingerprint density at radius 3 is 2.58 bits per heavy atom. The molecule has 0 aliphatic carbocycles. The molecule has 0 unspecified atom stereocenters. The van der Waals surface area contributed by atoms with Crippen LogP contribution in [0.15, 0.2) is 104 Å². The number of anilines is 2. The van der Waals surface area contributed by atoms with Gasteiger partial charge in [-0.15, -0.1) is 0 Å². The van der Waals surface area contributed by atoms with E-state index in [4.69, 9.17) is 5.10 Å². The summed E-state index contributed by atoms with van der Waals surface area (Å²) in [5.41, 5.74) is 3.10. The number of hydrogen-bond acceptors (Lipinski definition) is 6. The van der Waals surface area contributed by atoms with Crippen LogP contribution in [0.2, 0.25) is 0 Å². The molecule has 6 aromatic rings. The van der Waals surface area contributed by atoms with Gasteiger partial charge in [-0.1, -0.05) is 18.2 Å². The molecule has 0 saturated carbocycles. The van der Waals surface area contributed by atoms with Crippen LogP contribution in [-0.2, 0) is 12.7 Å². The molecule has 9 nitrogen and oxygen atoms in total. The van der Waals surface area contributed by atoms with E-state index in [2.05, 4.69) is 25.6 Å². The van der Waals surface area contributed by atoms with E-state index in [0.29, 0.717) is 17.0 Å². The van der Waals surface area contributed by atoms with Gasteiger partial charge >= 0.3 is 6.18 Å². The molecule has 4 heterocycles. The maximum absolute atomic E-state index is 13.1. The van der Waals surface area contributed by atoms with Gasteiger partial charge in [0, 0.05) is 66.3 Å². The third-order valence-corrected chi connectivity index (χ3v) is 6.74. The second-order valence-electron chi connectivity index (χ2n) is 9.75.